The van der Waals surface area contributed by atoms with Crippen molar-refractivity contribution in [3.8, 4) is 32.4 Å². The van der Waals surface area contributed by atoms with Crippen LogP contribution in [-0.4, -0.2) is 134 Å². The van der Waals surface area contributed by atoms with Gasteiger partial charge in [0.05, 0.1) is 102 Å². The normalized spacial score (nSPS) is 24.3. The van der Waals surface area contributed by atoms with Crippen LogP contribution in [0.5, 0.6) is 0 Å². The van der Waals surface area contributed by atoms with Crippen LogP contribution in [-0.2, 0) is 65.2 Å². The minimum Gasteiger partial charge on any atom is -0.340 e. The van der Waals surface area contributed by atoms with Gasteiger partial charge in [0, 0.05) is 105 Å². The fourth-order valence-corrected chi connectivity index (χ4v) is 18.2. The van der Waals surface area contributed by atoms with Crippen molar-refractivity contribution in [1.29, 1.82) is 0 Å². The van der Waals surface area contributed by atoms with Crippen LogP contribution < -0.4 is 30.1 Å². The number of aryl methyl sites for hydroxylation is 3. The second-order valence-electron chi connectivity index (χ2n) is 21.9. The van der Waals surface area contributed by atoms with Crippen LogP contribution in [0.4, 0.5) is 30.2 Å². The van der Waals surface area contributed by atoms with E-state index in [-0.39, 0.29) is 39.0 Å². The zero-order valence-corrected chi connectivity index (χ0v) is 57.6. The third kappa shape index (κ3) is 16.0. The SMILES string of the molecule is C=S1(=O)NC(c2cc(-c3cn(C)cn3)cs2)CC(C(=O)Nc2ccc(F)c(Cl)c2)N1C.C=S1(=O)NC(c2ccc(-c3ccnn3C)s2)CC(C(=O)Nc2ccc(F)c(Cl)c2)N1C.C=S1(=O)NC(c2ncc(-c3cn(C)cn3)s2)CC(C(=O)Nc2ccc(F)c(Cl)c2)N1C. The highest BCUT2D eigenvalue weighted by Crippen LogP contribution is 2.39. The van der Waals surface area contributed by atoms with Crippen molar-refractivity contribution in [3.05, 3.63) is 169 Å². The Labute approximate surface area is 562 Å². The quantitative estimate of drug-likeness (QED) is 0.0632. The summed E-state index contributed by atoms with van der Waals surface area (Å²) >= 11 is 21.9. The fourth-order valence-electron chi connectivity index (χ4n) is 10.1. The number of likely N-dealkylation sites (N-methyl/N-ethyl adjacent to an activating group) is 3. The molecule has 0 radical (unpaired) electrons. The Morgan fingerprint density at radius 3 is 1.43 bits per heavy atom. The van der Waals surface area contributed by atoms with Gasteiger partial charge in [-0.3, -0.25) is 19.1 Å². The number of rotatable bonds is 12. The molecule has 3 amide bonds. The van der Waals surface area contributed by atoms with Crippen LogP contribution in [0.15, 0.2) is 122 Å². The van der Waals surface area contributed by atoms with Gasteiger partial charge in [0.25, 0.3) is 0 Å². The van der Waals surface area contributed by atoms with Gasteiger partial charge in [-0.2, -0.15) is 5.10 Å². The molecule has 12 rings (SSSR count). The summed E-state index contributed by atoms with van der Waals surface area (Å²) in [5.74, 6) is 8.54. The minimum atomic E-state index is -2.93. The van der Waals surface area contributed by atoms with Gasteiger partial charge in [-0.15, -0.1) is 34.0 Å². The molecule has 9 heterocycles. The average molecular weight is 1450 g/mol. The lowest BCUT2D eigenvalue weighted by Gasteiger charge is -2.39. The minimum absolute atomic E-state index is 0.0865. The zero-order chi connectivity index (χ0) is 67.0. The molecule has 0 saturated carbocycles. The number of aromatic nitrogens is 7. The molecule has 6 N–H and O–H groups in total. The highest BCUT2D eigenvalue weighted by molar-refractivity contribution is 7.97. The summed E-state index contributed by atoms with van der Waals surface area (Å²) in [6, 6.07) is 16.4. The van der Waals surface area contributed by atoms with Crippen molar-refractivity contribution in [2.45, 2.75) is 55.5 Å². The molecule has 9 atom stereocenters. The second kappa shape index (κ2) is 28.3. The van der Waals surface area contributed by atoms with Gasteiger partial charge in [0.1, 0.15) is 40.6 Å². The Bertz CT molecular complexity index is 4440. The Morgan fingerprint density at radius 1 is 0.559 bits per heavy atom. The summed E-state index contributed by atoms with van der Waals surface area (Å²) in [7, 11) is 1.70. The van der Waals surface area contributed by atoms with E-state index in [9.17, 15) is 40.2 Å². The molecule has 0 bridgehead atoms. The molecule has 3 aromatic carbocycles. The Morgan fingerprint density at radius 2 is 1.00 bits per heavy atom. The molecule has 9 aromatic rings. The number of amides is 3. The molecule has 3 aliphatic heterocycles. The van der Waals surface area contributed by atoms with Crippen molar-refractivity contribution < 1.29 is 40.2 Å². The smallest absolute Gasteiger partial charge is 0.242 e. The van der Waals surface area contributed by atoms with Crippen LogP contribution in [0.1, 0.15) is 52.1 Å². The third-order valence-electron chi connectivity index (χ3n) is 15.3. The van der Waals surface area contributed by atoms with Crippen molar-refractivity contribution in [3.63, 3.8) is 0 Å². The third-order valence-corrected chi connectivity index (χ3v) is 25.1. The van der Waals surface area contributed by atoms with E-state index in [1.165, 1.54) is 90.2 Å². The molecular weight excluding hydrogens is 1380 g/mol. The van der Waals surface area contributed by atoms with Gasteiger partial charge in [-0.1, -0.05) is 34.8 Å². The summed E-state index contributed by atoms with van der Waals surface area (Å²) in [6.45, 7) is 0. The van der Waals surface area contributed by atoms with E-state index >= 15 is 0 Å². The molecular formula is C59H62Cl3F3N16O6S6. The molecule has 3 aliphatic rings. The molecule has 0 aliphatic carbocycles. The number of imidazole rings is 2. The molecule has 6 aromatic heterocycles. The average Bonchev–Trinajstić information content (AvgIpc) is 1.14. The van der Waals surface area contributed by atoms with Crippen LogP contribution in [0.2, 0.25) is 15.1 Å². The highest BCUT2D eigenvalue weighted by Gasteiger charge is 2.41. The first kappa shape index (κ1) is 69.1. The van der Waals surface area contributed by atoms with Gasteiger partial charge in [0.15, 0.2) is 0 Å². The van der Waals surface area contributed by atoms with Crippen molar-refractivity contribution in [2.75, 3.05) is 37.1 Å². The zero-order valence-electron chi connectivity index (χ0n) is 50.4. The highest BCUT2D eigenvalue weighted by atomic mass is 35.5. The van der Waals surface area contributed by atoms with E-state index in [1.807, 2.05) is 72.3 Å². The largest absolute Gasteiger partial charge is 0.340 e. The molecule has 492 valence electrons. The summed E-state index contributed by atoms with van der Waals surface area (Å²) in [5, 5.41) is 14.8. The lowest BCUT2D eigenvalue weighted by atomic mass is 10.0. The van der Waals surface area contributed by atoms with Crippen molar-refractivity contribution in [2.24, 2.45) is 21.1 Å². The maximum Gasteiger partial charge on any atom is 0.242 e. The Kier molecular flexibility index (Phi) is 21.0. The Balaban J connectivity index is 0.000000153. The first-order valence-electron chi connectivity index (χ1n) is 27.9. The lowest BCUT2D eigenvalue weighted by Crippen LogP contribution is -2.55. The first-order chi connectivity index (χ1) is 43.9. The maximum absolute atomic E-state index is 13.4. The maximum atomic E-state index is 13.4. The number of carbonyl (C=O) groups excluding carboxylic acids is 3. The molecule has 3 saturated heterocycles. The monoisotopic (exact) mass is 1440 g/mol. The molecule has 93 heavy (non-hydrogen) atoms. The standard InChI is InChI=1S/2C20H21ClFN5O2S2.C19H20ClFN6O2S2/c1-26-9-17(23-11-26)12-6-19(30-10-12)16-8-18(27(2)31(3,29)25-16)20(28)24-13-4-5-15(22)14(21)7-13;1-26-16(8-9-23-26)19-7-6-18(30-19)15-11-17(27(2)31(3,29)25-15)20(28)24-12-4-5-14(22)13(21)10-12;1-26-9-15(23-10-26)17-8-22-19(30-17)14-7-16(27(2)31(3,29)25-14)18(28)24-11-4-5-13(21)12(20)6-11/h4-7,9-11,16,18H,3,8H2,1-2H3,(H,24,28)(H,25,29);4-10,15,17H,3,11H2,1-2H3,(H,24,28)(H,25,29);4-6,8-10,14,16H,3,7H2,1-2H3,(H,24,28)(H,25,29). The van der Waals surface area contributed by atoms with Gasteiger partial charge >= 0.3 is 0 Å². The predicted molar refractivity (Wildman–Crippen MR) is 369 cm³/mol. The summed E-state index contributed by atoms with van der Waals surface area (Å²) in [5.41, 5.74) is 4.64. The van der Waals surface area contributed by atoms with Crippen LogP contribution in [0, 0.1) is 17.5 Å². The molecule has 34 heteroatoms. The summed E-state index contributed by atoms with van der Waals surface area (Å²) in [6.07, 6.45) is 11.8. The predicted octanol–water partition coefficient (Wildman–Crippen LogP) is 9.78. The van der Waals surface area contributed by atoms with E-state index in [0.29, 0.717) is 41.3 Å². The number of halogens is 6. The summed E-state index contributed by atoms with van der Waals surface area (Å²) in [4.78, 5) is 55.9. The molecule has 22 nitrogen and oxygen atoms in total. The van der Waals surface area contributed by atoms with E-state index in [4.69, 9.17) is 34.8 Å². The number of carbonyl (C=O) groups is 3. The van der Waals surface area contributed by atoms with Crippen LogP contribution in [0.25, 0.3) is 32.4 Å². The number of anilines is 3. The number of benzene rings is 3. The number of nitrogens with zero attached hydrogens (tertiary/aromatic N) is 10. The van der Waals surface area contributed by atoms with Crippen molar-refractivity contribution >= 4 is 151 Å². The van der Waals surface area contributed by atoms with Gasteiger partial charge < -0.3 is 25.1 Å². The topological polar surface area (TPSA) is 251 Å². The molecule has 0 spiro atoms. The van der Waals surface area contributed by atoms with Gasteiger partial charge in [0.2, 0.25) is 17.7 Å². The number of thiophene rings is 2. The molecule has 9 unspecified atom stereocenters. The Hall–Kier alpha value is -6.79. The number of hydrogen-bond acceptors (Lipinski definition) is 13. The van der Waals surface area contributed by atoms with E-state index in [1.54, 1.807) is 62.2 Å². The number of hydrogen-bond donors (Lipinski definition) is 6. The van der Waals surface area contributed by atoms with Gasteiger partial charge in [-0.25, -0.2) is 67.8 Å². The van der Waals surface area contributed by atoms with Crippen LogP contribution >= 0.6 is 68.8 Å². The van der Waals surface area contributed by atoms with E-state index < -0.39 is 77.2 Å². The number of thiazole rings is 1. The van der Waals surface area contributed by atoms with Gasteiger partial charge in [-0.05, 0) is 116 Å². The lowest BCUT2D eigenvalue weighted by molar-refractivity contribution is -0.120. The van der Waals surface area contributed by atoms with Crippen molar-refractivity contribution in [1.82, 2.24) is 60.9 Å². The van der Waals surface area contributed by atoms with Crippen LogP contribution in [0.3, 0.4) is 0 Å². The first-order valence-corrected chi connectivity index (χ1v) is 36.6. The van der Waals surface area contributed by atoms with E-state index in [2.05, 4.69) is 67.8 Å². The molecule has 3 fully saturated rings. The number of nitrogens with one attached hydrogen (secondary N) is 6. The second-order valence-corrected chi connectivity index (χ2v) is 32.5. The summed E-state index contributed by atoms with van der Waals surface area (Å²) < 4.78 is 98.5. The fraction of sp³-hybridized carbons (Fsp3) is 0.254. The van der Waals surface area contributed by atoms with E-state index in [0.717, 1.165) is 42.2 Å².